The summed E-state index contributed by atoms with van der Waals surface area (Å²) in [6, 6.07) is 12.3. The van der Waals surface area contributed by atoms with E-state index in [1.165, 1.54) is 16.4 Å². The molecule has 0 unspecified atom stereocenters. The van der Waals surface area contributed by atoms with E-state index in [0.717, 1.165) is 22.8 Å². The van der Waals surface area contributed by atoms with E-state index in [9.17, 15) is 17.6 Å². The first-order chi connectivity index (χ1) is 12.9. The molecule has 0 radical (unpaired) electrons. The third-order valence-electron chi connectivity index (χ3n) is 4.39. The van der Waals surface area contributed by atoms with E-state index in [2.05, 4.69) is 0 Å². The second kappa shape index (κ2) is 8.41. The fraction of sp³-hybridized carbons (Fsp3) is 0.316. The quantitative estimate of drug-likeness (QED) is 0.714. The highest BCUT2D eigenvalue weighted by atomic mass is 32.2. The fourth-order valence-corrected chi connectivity index (χ4v) is 5.20. The van der Waals surface area contributed by atoms with Gasteiger partial charge in [-0.3, -0.25) is 4.79 Å². The average Bonchev–Trinajstić information content (AvgIpc) is 2.68. The van der Waals surface area contributed by atoms with Crippen LogP contribution in [0.4, 0.5) is 4.39 Å². The number of carbonyl (C=O) groups is 1. The number of rotatable bonds is 5. The van der Waals surface area contributed by atoms with Crippen LogP contribution in [0.25, 0.3) is 0 Å². The van der Waals surface area contributed by atoms with Crippen LogP contribution < -0.4 is 0 Å². The first kappa shape index (κ1) is 19.9. The van der Waals surface area contributed by atoms with Crippen LogP contribution in [0.5, 0.6) is 0 Å². The van der Waals surface area contributed by atoms with Gasteiger partial charge < -0.3 is 4.90 Å². The zero-order valence-corrected chi connectivity index (χ0v) is 16.6. The minimum Gasteiger partial charge on any atom is -0.336 e. The third kappa shape index (κ3) is 4.34. The van der Waals surface area contributed by atoms with Crippen molar-refractivity contribution in [2.24, 2.45) is 0 Å². The Bertz CT molecular complexity index is 909. The molecule has 2 aromatic rings. The standard InChI is InChI=1S/C19H21FN2O3S2/c1-2-26-18-6-4-3-5-17(18)19(23)21-11-13-22(14-12-21)27(24,25)16-9-7-15(20)8-10-16/h3-10H,2,11-14H2,1H3. The lowest BCUT2D eigenvalue weighted by atomic mass is 10.2. The summed E-state index contributed by atoms with van der Waals surface area (Å²) in [5, 5.41) is 0. The van der Waals surface area contributed by atoms with Gasteiger partial charge in [0.05, 0.1) is 10.5 Å². The average molecular weight is 409 g/mol. The van der Waals surface area contributed by atoms with Crippen LogP contribution in [-0.4, -0.2) is 55.5 Å². The van der Waals surface area contributed by atoms with Gasteiger partial charge in [-0.2, -0.15) is 4.31 Å². The molecule has 144 valence electrons. The molecule has 2 aromatic carbocycles. The van der Waals surface area contributed by atoms with Crippen molar-refractivity contribution in [3.05, 3.63) is 59.9 Å². The van der Waals surface area contributed by atoms with E-state index in [4.69, 9.17) is 0 Å². The Morgan fingerprint density at radius 2 is 1.67 bits per heavy atom. The normalized spacial score (nSPS) is 15.7. The van der Waals surface area contributed by atoms with Gasteiger partial charge in [0.15, 0.2) is 0 Å². The van der Waals surface area contributed by atoms with Crippen LogP contribution in [-0.2, 0) is 10.0 Å². The van der Waals surface area contributed by atoms with Crippen LogP contribution in [0, 0.1) is 5.82 Å². The fourth-order valence-electron chi connectivity index (χ4n) is 2.98. The van der Waals surface area contributed by atoms with Gasteiger partial charge in [0, 0.05) is 31.1 Å². The molecule has 8 heteroatoms. The van der Waals surface area contributed by atoms with Crippen LogP contribution in [0.3, 0.4) is 0 Å². The summed E-state index contributed by atoms with van der Waals surface area (Å²) in [6.45, 7) is 3.11. The number of thioether (sulfide) groups is 1. The molecule has 0 aliphatic carbocycles. The second-order valence-electron chi connectivity index (χ2n) is 6.08. The molecule has 1 aliphatic heterocycles. The van der Waals surface area contributed by atoms with Gasteiger partial charge in [0.1, 0.15) is 5.82 Å². The molecule has 1 heterocycles. The highest BCUT2D eigenvalue weighted by Gasteiger charge is 2.31. The van der Waals surface area contributed by atoms with E-state index in [1.54, 1.807) is 16.7 Å². The van der Waals surface area contributed by atoms with Crippen molar-refractivity contribution in [3.63, 3.8) is 0 Å². The van der Waals surface area contributed by atoms with Crippen molar-refractivity contribution in [2.45, 2.75) is 16.7 Å². The van der Waals surface area contributed by atoms with Gasteiger partial charge in [0.25, 0.3) is 5.91 Å². The van der Waals surface area contributed by atoms with Crippen molar-refractivity contribution in [2.75, 3.05) is 31.9 Å². The molecular weight excluding hydrogens is 387 g/mol. The molecule has 0 atom stereocenters. The largest absolute Gasteiger partial charge is 0.336 e. The molecule has 0 N–H and O–H groups in total. The van der Waals surface area contributed by atoms with Crippen LogP contribution in [0.2, 0.25) is 0 Å². The van der Waals surface area contributed by atoms with Crippen molar-refractivity contribution in [1.82, 2.24) is 9.21 Å². The topological polar surface area (TPSA) is 57.7 Å². The molecule has 1 amide bonds. The first-order valence-electron chi connectivity index (χ1n) is 8.70. The number of sulfonamides is 1. The van der Waals surface area contributed by atoms with Crippen molar-refractivity contribution < 1.29 is 17.6 Å². The molecule has 3 rings (SSSR count). The Balaban J connectivity index is 1.70. The summed E-state index contributed by atoms with van der Waals surface area (Å²) in [5.74, 6) is 0.312. The molecule has 0 spiro atoms. The van der Waals surface area contributed by atoms with E-state index in [0.29, 0.717) is 18.7 Å². The molecule has 5 nitrogen and oxygen atoms in total. The first-order valence-corrected chi connectivity index (χ1v) is 11.1. The zero-order valence-electron chi connectivity index (χ0n) is 15.0. The number of amides is 1. The Hall–Kier alpha value is -1.90. The smallest absolute Gasteiger partial charge is 0.255 e. The number of benzene rings is 2. The lowest BCUT2D eigenvalue weighted by Crippen LogP contribution is -2.50. The minimum absolute atomic E-state index is 0.0633. The van der Waals surface area contributed by atoms with Gasteiger partial charge in [-0.15, -0.1) is 11.8 Å². The molecule has 0 saturated carbocycles. The summed E-state index contributed by atoms with van der Waals surface area (Å²) < 4.78 is 39.8. The maximum atomic E-state index is 13.1. The Kier molecular flexibility index (Phi) is 6.18. The molecule has 0 bridgehead atoms. The summed E-state index contributed by atoms with van der Waals surface area (Å²) in [6.07, 6.45) is 0. The molecule has 1 aliphatic rings. The number of hydrogen-bond acceptors (Lipinski definition) is 4. The summed E-state index contributed by atoms with van der Waals surface area (Å²) in [5.41, 5.74) is 0.652. The SMILES string of the molecule is CCSc1ccccc1C(=O)N1CCN(S(=O)(=O)c2ccc(F)cc2)CC1. The Morgan fingerprint density at radius 3 is 2.30 bits per heavy atom. The molecule has 0 aromatic heterocycles. The lowest BCUT2D eigenvalue weighted by molar-refractivity contribution is 0.0694. The highest BCUT2D eigenvalue weighted by molar-refractivity contribution is 7.99. The maximum Gasteiger partial charge on any atom is 0.255 e. The maximum absolute atomic E-state index is 13.1. The second-order valence-corrected chi connectivity index (χ2v) is 9.32. The van der Waals surface area contributed by atoms with Gasteiger partial charge in [-0.05, 0) is 42.2 Å². The lowest BCUT2D eigenvalue weighted by Gasteiger charge is -2.34. The van der Waals surface area contributed by atoms with Gasteiger partial charge in [-0.25, -0.2) is 12.8 Å². The predicted molar refractivity (Wildman–Crippen MR) is 104 cm³/mol. The van der Waals surface area contributed by atoms with E-state index in [1.807, 2.05) is 31.2 Å². The molecule has 1 saturated heterocycles. The van der Waals surface area contributed by atoms with Crippen molar-refractivity contribution >= 4 is 27.7 Å². The van der Waals surface area contributed by atoms with Gasteiger partial charge >= 0.3 is 0 Å². The molecular formula is C19H21FN2O3S2. The predicted octanol–water partition coefficient (Wildman–Crippen LogP) is 3.08. The summed E-state index contributed by atoms with van der Waals surface area (Å²) >= 11 is 1.61. The summed E-state index contributed by atoms with van der Waals surface area (Å²) in [7, 11) is -3.68. The Morgan fingerprint density at radius 1 is 1.04 bits per heavy atom. The van der Waals surface area contributed by atoms with Crippen molar-refractivity contribution in [3.8, 4) is 0 Å². The number of hydrogen-bond donors (Lipinski definition) is 0. The highest BCUT2D eigenvalue weighted by Crippen LogP contribution is 2.25. The number of nitrogens with zero attached hydrogens (tertiary/aromatic N) is 2. The van der Waals surface area contributed by atoms with Crippen LogP contribution in [0.1, 0.15) is 17.3 Å². The zero-order chi connectivity index (χ0) is 19.4. The number of carbonyl (C=O) groups excluding carboxylic acids is 1. The number of piperazine rings is 1. The third-order valence-corrected chi connectivity index (χ3v) is 7.26. The van der Waals surface area contributed by atoms with Crippen LogP contribution in [0.15, 0.2) is 58.3 Å². The minimum atomic E-state index is -3.68. The molecule has 27 heavy (non-hydrogen) atoms. The summed E-state index contributed by atoms with van der Waals surface area (Å²) in [4.78, 5) is 15.5. The van der Waals surface area contributed by atoms with Gasteiger partial charge in [0.2, 0.25) is 10.0 Å². The monoisotopic (exact) mass is 408 g/mol. The van der Waals surface area contributed by atoms with Crippen molar-refractivity contribution in [1.29, 1.82) is 0 Å². The van der Waals surface area contributed by atoms with Crippen LogP contribution >= 0.6 is 11.8 Å². The van der Waals surface area contributed by atoms with E-state index in [-0.39, 0.29) is 23.9 Å². The number of halogens is 1. The van der Waals surface area contributed by atoms with E-state index < -0.39 is 15.8 Å². The Labute approximate surface area is 163 Å². The van der Waals surface area contributed by atoms with Gasteiger partial charge in [-0.1, -0.05) is 19.1 Å². The van der Waals surface area contributed by atoms with E-state index >= 15 is 0 Å². The molecule has 1 fully saturated rings.